The van der Waals surface area contributed by atoms with Crippen molar-refractivity contribution < 1.29 is 44.0 Å². The number of rotatable bonds is 10. The first-order valence-electron chi connectivity index (χ1n) is 11.4. The molecule has 3 aromatic rings. The number of hydrogen-bond donors (Lipinski definition) is 1. The summed E-state index contributed by atoms with van der Waals surface area (Å²) in [6, 6.07) is 10.8. The van der Waals surface area contributed by atoms with E-state index in [-0.39, 0.29) is 22.3 Å². The zero-order chi connectivity index (χ0) is 29.2. The lowest BCUT2D eigenvalue weighted by molar-refractivity contribution is -0.199. The molecule has 1 N–H and O–H groups in total. The van der Waals surface area contributed by atoms with Crippen LogP contribution in [0.5, 0.6) is 0 Å². The van der Waals surface area contributed by atoms with Crippen LogP contribution in [0.1, 0.15) is 19.4 Å². The number of nitrogens with zero attached hydrogens (tertiary/aromatic N) is 2. The molecule has 0 atom stereocenters. The highest BCUT2D eigenvalue weighted by molar-refractivity contribution is 7.92. The Morgan fingerprint density at radius 1 is 1.05 bits per heavy atom. The molecule has 0 amide bonds. The number of carbonyl (C=O) groups excluding carboxylic acids is 1. The predicted octanol–water partition coefficient (Wildman–Crippen LogP) is 4.06. The molecule has 0 bridgehead atoms. The second-order valence-electron chi connectivity index (χ2n) is 8.82. The molecule has 0 aliphatic carbocycles. The summed E-state index contributed by atoms with van der Waals surface area (Å²) in [4.78, 5) is 15.2. The fraction of sp³-hybridized carbons (Fsp3) is 0.292. The van der Waals surface area contributed by atoms with E-state index >= 15 is 0 Å². The van der Waals surface area contributed by atoms with E-state index in [4.69, 9.17) is 0 Å². The number of halogens is 4. The van der Waals surface area contributed by atoms with Crippen molar-refractivity contribution in [2.45, 2.75) is 31.5 Å². The van der Waals surface area contributed by atoms with Gasteiger partial charge in [0.05, 0.1) is 22.0 Å². The van der Waals surface area contributed by atoms with E-state index < -0.39 is 60.3 Å². The van der Waals surface area contributed by atoms with Crippen LogP contribution >= 0.6 is 0 Å². The lowest BCUT2D eigenvalue weighted by Crippen LogP contribution is -2.40. The Hall–Kier alpha value is -3.43. The van der Waals surface area contributed by atoms with Crippen LogP contribution in [0.15, 0.2) is 65.7 Å². The number of carbonyl (C=O) groups is 1. The monoisotopic (exact) mass is 591 g/mol. The largest absolute Gasteiger partial charge is 0.493 e. The molecule has 39 heavy (non-hydrogen) atoms. The lowest BCUT2D eigenvalue weighted by Gasteiger charge is -2.24. The first kappa shape index (κ1) is 30.1. The number of anilines is 1. The zero-order valence-electron chi connectivity index (χ0n) is 20.9. The van der Waals surface area contributed by atoms with Crippen LogP contribution in [-0.4, -0.2) is 45.8 Å². The first-order valence-corrected chi connectivity index (χ1v) is 14.4. The van der Waals surface area contributed by atoms with Crippen LogP contribution in [0.25, 0.3) is 11.3 Å². The van der Waals surface area contributed by atoms with Gasteiger partial charge in [-0.25, -0.2) is 30.0 Å². The Labute approximate surface area is 223 Å². The van der Waals surface area contributed by atoms with Crippen molar-refractivity contribution in [3.8, 4) is 11.3 Å². The third kappa shape index (κ3) is 6.78. The summed E-state index contributed by atoms with van der Waals surface area (Å²) in [7, 11) is -7.64. The van der Waals surface area contributed by atoms with Crippen molar-refractivity contribution in [2.24, 2.45) is 5.92 Å². The van der Waals surface area contributed by atoms with Gasteiger partial charge in [0.15, 0.2) is 0 Å². The van der Waals surface area contributed by atoms with Crippen LogP contribution < -0.4 is 9.79 Å². The van der Waals surface area contributed by atoms with Gasteiger partial charge in [0, 0.05) is 18.3 Å². The summed E-state index contributed by atoms with van der Waals surface area (Å²) in [5.41, 5.74) is -0.281. The molecule has 3 rings (SSSR count). The van der Waals surface area contributed by atoms with Gasteiger partial charge in [0.2, 0.25) is 0 Å². The molecule has 0 saturated carbocycles. The molecule has 15 heteroatoms. The molecule has 9 nitrogen and oxygen atoms in total. The topological polar surface area (TPSA) is 115 Å². The molecular formula is C24H25F4N3O6S2. The third-order valence-corrected chi connectivity index (χ3v) is 8.70. The van der Waals surface area contributed by atoms with Crippen molar-refractivity contribution in [1.29, 1.82) is 0 Å². The highest BCUT2D eigenvalue weighted by Crippen LogP contribution is 2.31. The maximum atomic E-state index is 14.6. The Balaban J connectivity index is 2.18. The second-order valence-corrected chi connectivity index (χ2v) is 12.5. The van der Waals surface area contributed by atoms with E-state index in [0.717, 1.165) is 34.3 Å². The van der Waals surface area contributed by atoms with Gasteiger partial charge in [0.25, 0.3) is 20.0 Å². The molecule has 1 aromatic heterocycles. The van der Waals surface area contributed by atoms with Gasteiger partial charge >= 0.3 is 12.1 Å². The van der Waals surface area contributed by atoms with Crippen LogP contribution in [0.4, 0.5) is 23.2 Å². The van der Waals surface area contributed by atoms with Gasteiger partial charge in [-0.2, -0.15) is 13.2 Å². The number of benzene rings is 2. The number of sulfonamides is 1. The molecule has 0 radical (unpaired) electrons. The number of hydrogen-bond acceptors (Lipinski definition) is 7. The molecule has 0 aliphatic heterocycles. The van der Waals surface area contributed by atoms with Gasteiger partial charge < -0.3 is 10.2 Å². The molecule has 0 unspecified atom stereocenters. The number of alkyl halides is 3. The van der Waals surface area contributed by atoms with Gasteiger partial charge in [-0.15, -0.1) is 0 Å². The molecule has 212 valence electrons. The summed E-state index contributed by atoms with van der Waals surface area (Å²) in [5.74, 6) is -4.81. The van der Waals surface area contributed by atoms with Crippen molar-refractivity contribution in [2.75, 3.05) is 17.3 Å². The number of nitrogens with one attached hydrogen (secondary N) is 1. The predicted molar refractivity (Wildman–Crippen MR) is 135 cm³/mol. The average Bonchev–Trinajstić information content (AvgIpc) is 3.26. The summed E-state index contributed by atoms with van der Waals surface area (Å²) in [5, 5.41) is 2.85. The van der Waals surface area contributed by atoms with Crippen LogP contribution in [0.2, 0.25) is 0 Å². The zero-order valence-corrected chi connectivity index (χ0v) is 22.6. The fourth-order valence-corrected chi connectivity index (χ4v) is 6.64. The Bertz CT molecular complexity index is 1570. The highest BCUT2D eigenvalue weighted by atomic mass is 32.2. The molecule has 0 saturated heterocycles. The van der Waals surface area contributed by atoms with E-state index in [1.807, 2.05) is 0 Å². The Kier molecular flexibility index (Phi) is 8.77. The van der Waals surface area contributed by atoms with E-state index in [2.05, 4.69) is 10.2 Å². The maximum Gasteiger partial charge on any atom is 0.493 e. The van der Waals surface area contributed by atoms with Crippen LogP contribution in [-0.2, 0) is 36.2 Å². The lowest BCUT2D eigenvalue weighted by atomic mass is 10.1. The molecule has 1 heterocycles. The van der Waals surface area contributed by atoms with Crippen LogP contribution in [0.3, 0.4) is 0 Å². The second kappa shape index (κ2) is 11.4. The normalized spacial score (nSPS) is 12.5. The van der Waals surface area contributed by atoms with Gasteiger partial charge in [0.1, 0.15) is 5.82 Å². The van der Waals surface area contributed by atoms with Crippen molar-refractivity contribution in [3.63, 3.8) is 0 Å². The minimum atomic E-state index is -5.53. The maximum absolute atomic E-state index is 14.6. The highest BCUT2D eigenvalue weighted by Gasteiger charge is 2.45. The molecule has 2 aromatic carbocycles. The van der Waals surface area contributed by atoms with Crippen molar-refractivity contribution in [3.05, 3.63) is 72.2 Å². The summed E-state index contributed by atoms with van der Waals surface area (Å²) >= 11 is 0. The Morgan fingerprint density at radius 2 is 1.72 bits per heavy atom. The standard InChI is InChI=1S/C24H25F4N3O6S2/c1-16(2)15-38(33,34)31(37-23(32)24(26,27)28)18-7-6-8-19(12-18)39(35,36)30-14-17(13-29-3)11-22(30)20-9-4-5-10-21(20)25/h4-12,14,16,29H,13,15H2,1-3H3. The Morgan fingerprint density at radius 3 is 2.31 bits per heavy atom. The summed E-state index contributed by atoms with van der Waals surface area (Å²) < 4.78 is 107. The van der Waals surface area contributed by atoms with E-state index in [1.54, 1.807) is 7.05 Å². The third-order valence-electron chi connectivity index (χ3n) is 5.15. The van der Waals surface area contributed by atoms with Crippen molar-refractivity contribution >= 4 is 31.7 Å². The summed E-state index contributed by atoms with van der Waals surface area (Å²) in [6.07, 6.45) is -4.30. The van der Waals surface area contributed by atoms with E-state index in [9.17, 15) is 39.2 Å². The molecular weight excluding hydrogens is 566 g/mol. The van der Waals surface area contributed by atoms with E-state index in [0.29, 0.717) is 5.56 Å². The van der Waals surface area contributed by atoms with Crippen LogP contribution in [0, 0.1) is 11.7 Å². The quantitative estimate of drug-likeness (QED) is 0.279. The fourth-order valence-electron chi connectivity index (χ4n) is 3.62. The minimum Gasteiger partial charge on any atom is -0.317 e. The van der Waals surface area contributed by atoms with Gasteiger partial charge in [-0.1, -0.05) is 36.5 Å². The van der Waals surface area contributed by atoms with Gasteiger partial charge in [-0.05, 0) is 54.9 Å². The minimum absolute atomic E-state index is 0.0418. The SMILES string of the molecule is CNCc1cc(-c2ccccc2F)n(S(=O)(=O)c2cccc(N(OC(=O)C(F)(F)F)S(=O)(=O)CC(C)C)c2)c1. The number of aromatic nitrogens is 1. The molecule has 0 aliphatic rings. The van der Waals surface area contributed by atoms with Crippen molar-refractivity contribution in [1.82, 2.24) is 9.29 Å². The first-order chi connectivity index (χ1) is 18.1. The average molecular weight is 592 g/mol. The summed E-state index contributed by atoms with van der Waals surface area (Å²) in [6.45, 7) is 3.17. The smallest absolute Gasteiger partial charge is 0.317 e. The van der Waals surface area contributed by atoms with Gasteiger partial charge in [-0.3, -0.25) is 0 Å². The molecule has 0 fully saturated rings. The molecule has 0 spiro atoms. The van der Waals surface area contributed by atoms with E-state index in [1.165, 1.54) is 44.3 Å².